The van der Waals surface area contributed by atoms with E-state index in [-0.39, 0.29) is 5.92 Å². The lowest BCUT2D eigenvalue weighted by Gasteiger charge is -2.21. The van der Waals surface area contributed by atoms with Crippen molar-refractivity contribution in [2.24, 2.45) is 0 Å². The van der Waals surface area contributed by atoms with Gasteiger partial charge in [-0.25, -0.2) is 0 Å². The molecule has 0 spiro atoms. The van der Waals surface area contributed by atoms with Gasteiger partial charge < -0.3 is 0 Å². The van der Waals surface area contributed by atoms with Crippen LogP contribution >= 0.6 is 0 Å². The van der Waals surface area contributed by atoms with E-state index in [0.29, 0.717) is 0 Å². The number of benzene rings is 4. The molecule has 2 aliphatic rings. The maximum absolute atomic E-state index is 2.33. The quantitative estimate of drug-likeness (QED) is 0.328. The Balaban J connectivity index is 1.63. The second kappa shape index (κ2) is 7.25. The smallest absolute Gasteiger partial charge is 0.0358 e. The average molecular weight is 397 g/mol. The van der Waals surface area contributed by atoms with Gasteiger partial charge in [-0.15, -0.1) is 0 Å². The third-order valence-electron chi connectivity index (χ3n) is 6.78. The van der Waals surface area contributed by atoms with Crippen molar-refractivity contribution in [2.75, 3.05) is 0 Å². The van der Waals surface area contributed by atoms with Gasteiger partial charge in [0.1, 0.15) is 0 Å². The highest BCUT2D eigenvalue weighted by atomic mass is 14.4. The Labute approximate surface area is 184 Å². The van der Waals surface area contributed by atoms with Crippen LogP contribution < -0.4 is 0 Å². The fourth-order valence-corrected chi connectivity index (χ4v) is 5.50. The molecule has 0 unspecified atom stereocenters. The zero-order valence-electron chi connectivity index (χ0n) is 17.7. The maximum Gasteiger partial charge on any atom is 0.0358 e. The molecule has 148 valence electrons. The lowest BCUT2D eigenvalue weighted by atomic mass is 9.81. The topological polar surface area (TPSA) is 0 Å². The van der Waals surface area contributed by atoms with Gasteiger partial charge in [0.25, 0.3) is 0 Å². The average Bonchev–Trinajstić information content (AvgIpc) is 3.35. The van der Waals surface area contributed by atoms with Crippen molar-refractivity contribution in [3.05, 3.63) is 143 Å². The lowest BCUT2D eigenvalue weighted by Crippen LogP contribution is -2.04. The van der Waals surface area contributed by atoms with Crippen molar-refractivity contribution in [3.63, 3.8) is 0 Å². The molecular formula is C31H24. The van der Waals surface area contributed by atoms with Gasteiger partial charge in [-0.05, 0) is 63.4 Å². The first-order valence-electron chi connectivity index (χ1n) is 11.0. The molecule has 0 heterocycles. The largest absolute Gasteiger partial charge is 0.0641 e. The molecule has 4 aromatic carbocycles. The third kappa shape index (κ3) is 2.83. The summed E-state index contributed by atoms with van der Waals surface area (Å²) >= 11 is 0. The van der Waals surface area contributed by atoms with E-state index < -0.39 is 0 Å². The minimum Gasteiger partial charge on any atom is -0.0641 e. The summed E-state index contributed by atoms with van der Waals surface area (Å²) in [6.45, 7) is 2.33. The van der Waals surface area contributed by atoms with Crippen LogP contribution in [0.3, 0.4) is 0 Å². The van der Waals surface area contributed by atoms with Gasteiger partial charge in [0.15, 0.2) is 0 Å². The zero-order chi connectivity index (χ0) is 20.8. The number of fused-ring (bicyclic) bond motifs is 3. The van der Waals surface area contributed by atoms with Crippen molar-refractivity contribution in [1.29, 1.82) is 0 Å². The normalized spacial score (nSPS) is 15.4. The predicted molar refractivity (Wildman–Crippen MR) is 131 cm³/mol. The minimum absolute atomic E-state index is 0.281. The molecule has 0 saturated carbocycles. The Morgan fingerprint density at radius 2 is 1.03 bits per heavy atom. The fraction of sp³-hybridized carbons (Fsp3) is 0.0968. The van der Waals surface area contributed by atoms with E-state index in [0.717, 1.165) is 6.42 Å². The van der Waals surface area contributed by atoms with Gasteiger partial charge in [-0.2, -0.15) is 0 Å². The summed E-state index contributed by atoms with van der Waals surface area (Å²) in [5, 5.41) is 0. The van der Waals surface area contributed by atoms with Crippen LogP contribution in [-0.4, -0.2) is 0 Å². The summed E-state index contributed by atoms with van der Waals surface area (Å²) in [5.41, 5.74) is 14.1. The highest BCUT2D eigenvalue weighted by Gasteiger charge is 2.36. The van der Waals surface area contributed by atoms with Crippen molar-refractivity contribution in [3.8, 4) is 11.1 Å². The van der Waals surface area contributed by atoms with E-state index >= 15 is 0 Å². The lowest BCUT2D eigenvalue weighted by molar-refractivity contribution is 0.997. The molecule has 31 heavy (non-hydrogen) atoms. The standard InChI is InChI=1S/C31H24/c1-21-20-28(22-12-4-2-5-13-22)30(23-14-6-3-7-15-23)29(21)31-26-18-10-8-16-24(26)25-17-9-11-19-27(25)31/h2-19,31H,20H2,1H3. The van der Waals surface area contributed by atoms with Crippen molar-refractivity contribution >= 4 is 11.1 Å². The highest BCUT2D eigenvalue weighted by Crippen LogP contribution is 2.56. The molecule has 0 atom stereocenters. The molecule has 0 radical (unpaired) electrons. The zero-order valence-corrected chi connectivity index (χ0v) is 17.7. The van der Waals surface area contributed by atoms with E-state index in [1.54, 1.807) is 0 Å². The van der Waals surface area contributed by atoms with Crippen molar-refractivity contribution < 1.29 is 0 Å². The number of hydrogen-bond acceptors (Lipinski definition) is 0. The monoisotopic (exact) mass is 396 g/mol. The Hall–Kier alpha value is -3.64. The van der Waals surface area contributed by atoms with E-state index in [1.165, 1.54) is 55.7 Å². The molecule has 6 rings (SSSR count). The van der Waals surface area contributed by atoms with Crippen LogP contribution in [0.2, 0.25) is 0 Å². The van der Waals surface area contributed by atoms with E-state index in [9.17, 15) is 0 Å². The molecule has 0 aromatic heterocycles. The third-order valence-corrected chi connectivity index (χ3v) is 6.78. The van der Waals surface area contributed by atoms with Crippen LogP contribution in [0.5, 0.6) is 0 Å². The number of allylic oxidation sites excluding steroid dienone is 4. The van der Waals surface area contributed by atoms with Crippen LogP contribution in [0.15, 0.2) is 120 Å². The summed E-state index contributed by atoms with van der Waals surface area (Å²) in [7, 11) is 0. The molecule has 4 aromatic rings. The van der Waals surface area contributed by atoms with Gasteiger partial charge in [0.2, 0.25) is 0 Å². The van der Waals surface area contributed by atoms with Gasteiger partial charge >= 0.3 is 0 Å². The number of hydrogen-bond donors (Lipinski definition) is 0. The predicted octanol–water partition coefficient (Wildman–Crippen LogP) is 8.13. The van der Waals surface area contributed by atoms with Crippen molar-refractivity contribution in [1.82, 2.24) is 0 Å². The first-order valence-corrected chi connectivity index (χ1v) is 11.0. The Kier molecular flexibility index (Phi) is 4.25. The van der Waals surface area contributed by atoms with Crippen molar-refractivity contribution in [2.45, 2.75) is 19.3 Å². The summed E-state index contributed by atoms with van der Waals surface area (Å²) in [6, 6.07) is 39.8. The van der Waals surface area contributed by atoms with Gasteiger partial charge in [-0.1, -0.05) is 115 Å². The number of rotatable bonds is 3. The molecule has 0 bridgehead atoms. The molecule has 0 fully saturated rings. The van der Waals surface area contributed by atoms with Gasteiger partial charge in [0, 0.05) is 5.92 Å². The Bertz CT molecular complexity index is 1290. The molecule has 0 amide bonds. The van der Waals surface area contributed by atoms with Crippen LogP contribution in [0.25, 0.3) is 22.3 Å². The van der Waals surface area contributed by atoms with Crippen LogP contribution in [0.4, 0.5) is 0 Å². The Morgan fingerprint density at radius 3 is 1.61 bits per heavy atom. The summed E-state index contributed by atoms with van der Waals surface area (Å²) in [5.74, 6) is 0.281. The molecule has 2 aliphatic carbocycles. The molecule has 0 nitrogen and oxygen atoms in total. The first-order chi connectivity index (χ1) is 15.3. The van der Waals surface area contributed by atoms with Crippen LogP contribution in [0, 0.1) is 0 Å². The maximum atomic E-state index is 2.33. The second-order valence-corrected chi connectivity index (χ2v) is 8.56. The minimum atomic E-state index is 0.281. The summed E-state index contributed by atoms with van der Waals surface area (Å²) in [6.07, 6.45) is 1.00. The van der Waals surface area contributed by atoms with Gasteiger partial charge in [-0.3, -0.25) is 0 Å². The fourth-order valence-electron chi connectivity index (χ4n) is 5.50. The molecule has 0 aliphatic heterocycles. The van der Waals surface area contributed by atoms with Crippen LogP contribution in [0.1, 0.15) is 41.5 Å². The molecule has 0 heteroatoms. The molecule has 0 saturated heterocycles. The van der Waals surface area contributed by atoms with E-state index in [2.05, 4.69) is 116 Å². The summed E-state index contributed by atoms with van der Waals surface area (Å²) in [4.78, 5) is 0. The molecular weight excluding hydrogens is 372 g/mol. The van der Waals surface area contributed by atoms with E-state index in [1.807, 2.05) is 0 Å². The van der Waals surface area contributed by atoms with E-state index in [4.69, 9.17) is 0 Å². The summed E-state index contributed by atoms with van der Waals surface area (Å²) < 4.78 is 0. The van der Waals surface area contributed by atoms with Crippen LogP contribution in [-0.2, 0) is 0 Å². The SMILES string of the molecule is CC1=C(C2c3ccccc3-c3ccccc32)C(c2ccccc2)=C(c2ccccc2)C1. The van der Waals surface area contributed by atoms with Gasteiger partial charge in [0.05, 0.1) is 0 Å². The first kappa shape index (κ1) is 18.2. The highest BCUT2D eigenvalue weighted by molar-refractivity contribution is 6.04. The Morgan fingerprint density at radius 1 is 0.548 bits per heavy atom. The molecule has 0 N–H and O–H groups in total. The second-order valence-electron chi connectivity index (χ2n) is 8.56.